The molecule has 0 heterocycles. The molecule has 3 N–H and O–H groups in total. The van der Waals surface area contributed by atoms with Crippen LogP contribution in [-0.2, 0) is 4.79 Å². The van der Waals surface area contributed by atoms with Crippen molar-refractivity contribution in [2.24, 2.45) is 5.10 Å². The quantitative estimate of drug-likeness (QED) is 0.239. The molecule has 3 aromatic carbocycles. The van der Waals surface area contributed by atoms with Crippen molar-refractivity contribution in [1.82, 2.24) is 5.43 Å². The Bertz CT molecular complexity index is 1180. The van der Waals surface area contributed by atoms with E-state index in [0.29, 0.717) is 21.6 Å². The number of urea groups is 1. The average molecular weight is 574 g/mol. The Balaban J connectivity index is 1.48. The molecule has 33 heavy (non-hydrogen) atoms. The Morgan fingerprint density at radius 3 is 2.33 bits per heavy atom. The van der Waals surface area contributed by atoms with E-state index >= 15 is 0 Å². The third-order valence-corrected chi connectivity index (χ3v) is 5.96. The summed E-state index contributed by atoms with van der Waals surface area (Å²) in [5, 5.41) is 9.45. The maximum Gasteiger partial charge on any atom is 0.339 e. The molecule has 0 atom stereocenters. The second-order valence-electron chi connectivity index (χ2n) is 7.18. The van der Waals surface area contributed by atoms with E-state index in [4.69, 9.17) is 4.74 Å². The van der Waals surface area contributed by atoms with Crippen molar-refractivity contribution < 1.29 is 14.3 Å². The van der Waals surface area contributed by atoms with Crippen molar-refractivity contribution in [2.75, 3.05) is 17.2 Å². The minimum absolute atomic E-state index is 0.128. The summed E-state index contributed by atoms with van der Waals surface area (Å²) in [4.78, 5) is 24.1. The molecule has 3 aromatic rings. The van der Waals surface area contributed by atoms with Crippen molar-refractivity contribution in [3.8, 4) is 5.75 Å². The number of nitrogens with zero attached hydrogens (tertiary/aromatic N) is 1. The largest absolute Gasteiger partial charge is 0.483 e. The normalized spacial score (nSPS) is 10.7. The standard InChI is InChI=1S/C24H22Br2N4O3/c1-15-3-6-18(7-4-15)28-23(31)14-33-22-10-5-17(12-21(22)26)13-27-30-24(32)29-19-8-9-20(25)16(2)11-19/h3-13H,14H2,1-2H3,(H,28,31)(H2,29,30,32)/b27-13+. The Labute approximate surface area is 208 Å². The predicted octanol–water partition coefficient (Wildman–Crippen LogP) is 6.00. The van der Waals surface area contributed by atoms with Gasteiger partial charge in [-0.25, -0.2) is 10.2 Å². The monoisotopic (exact) mass is 572 g/mol. The fraction of sp³-hybridized carbons (Fsp3) is 0.125. The van der Waals surface area contributed by atoms with Crippen LogP contribution in [-0.4, -0.2) is 24.8 Å². The second-order valence-corrected chi connectivity index (χ2v) is 8.89. The van der Waals surface area contributed by atoms with Gasteiger partial charge in [0.15, 0.2) is 6.61 Å². The number of carbonyl (C=O) groups is 2. The van der Waals surface area contributed by atoms with Crippen molar-refractivity contribution in [3.05, 3.63) is 86.3 Å². The number of amides is 3. The lowest BCUT2D eigenvalue weighted by atomic mass is 10.2. The van der Waals surface area contributed by atoms with Crippen molar-refractivity contribution >= 4 is 61.4 Å². The molecule has 0 aliphatic heterocycles. The van der Waals surface area contributed by atoms with Crippen LogP contribution < -0.4 is 20.8 Å². The van der Waals surface area contributed by atoms with E-state index in [1.165, 1.54) is 6.21 Å². The minimum atomic E-state index is -0.452. The first kappa shape index (κ1) is 24.5. The predicted molar refractivity (Wildman–Crippen MR) is 138 cm³/mol. The molecular formula is C24H22Br2N4O3. The molecule has 3 rings (SSSR count). The summed E-state index contributed by atoms with van der Waals surface area (Å²) < 4.78 is 7.22. The van der Waals surface area contributed by atoms with Gasteiger partial charge in [0.25, 0.3) is 5.91 Å². The SMILES string of the molecule is Cc1ccc(NC(=O)COc2ccc(/C=N/NC(=O)Nc3ccc(Br)c(C)c3)cc2Br)cc1. The van der Waals surface area contributed by atoms with E-state index in [-0.39, 0.29) is 12.5 Å². The number of hydrogen-bond donors (Lipinski definition) is 3. The first-order valence-corrected chi connectivity index (χ1v) is 11.5. The highest BCUT2D eigenvalue weighted by Crippen LogP contribution is 2.25. The molecule has 0 aliphatic rings. The fourth-order valence-electron chi connectivity index (χ4n) is 2.74. The zero-order valence-corrected chi connectivity index (χ0v) is 21.2. The fourth-order valence-corrected chi connectivity index (χ4v) is 3.50. The molecular weight excluding hydrogens is 552 g/mol. The van der Waals surface area contributed by atoms with Crippen LogP contribution in [0.4, 0.5) is 16.2 Å². The molecule has 7 nitrogen and oxygen atoms in total. The number of nitrogens with one attached hydrogen (secondary N) is 3. The highest BCUT2D eigenvalue weighted by molar-refractivity contribution is 9.10. The van der Waals surface area contributed by atoms with Crippen molar-refractivity contribution in [3.63, 3.8) is 0 Å². The lowest BCUT2D eigenvalue weighted by molar-refractivity contribution is -0.118. The number of carbonyl (C=O) groups excluding carboxylic acids is 2. The smallest absolute Gasteiger partial charge is 0.339 e. The summed E-state index contributed by atoms with van der Waals surface area (Å²) in [6, 6.07) is 17.8. The molecule has 0 fully saturated rings. The second kappa shape index (κ2) is 11.6. The number of aryl methyl sites for hydroxylation is 2. The van der Waals surface area contributed by atoms with E-state index in [0.717, 1.165) is 21.2 Å². The third-order valence-electron chi connectivity index (χ3n) is 4.45. The van der Waals surface area contributed by atoms with E-state index in [9.17, 15) is 9.59 Å². The third kappa shape index (κ3) is 7.73. The first-order chi connectivity index (χ1) is 15.8. The molecule has 0 saturated carbocycles. The van der Waals surface area contributed by atoms with Crippen LogP contribution >= 0.6 is 31.9 Å². The first-order valence-electron chi connectivity index (χ1n) is 9.95. The van der Waals surface area contributed by atoms with Crippen LogP contribution in [0.25, 0.3) is 0 Å². The maximum atomic E-state index is 12.1. The number of hydrogen-bond acceptors (Lipinski definition) is 4. The lowest BCUT2D eigenvalue weighted by Gasteiger charge is -2.10. The Morgan fingerprint density at radius 1 is 0.909 bits per heavy atom. The van der Waals surface area contributed by atoms with Crippen LogP contribution in [0.2, 0.25) is 0 Å². The van der Waals surface area contributed by atoms with Gasteiger partial charge >= 0.3 is 6.03 Å². The highest BCUT2D eigenvalue weighted by Gasteiger charge is 2.07. The molecule has 0 aromatic heterocycles. The number of ether oxygens (including phenoxy) is 1. The summed E-state index contributed by atoms with van der Waals surface area (Å²) in [6.45, 7) is 3.79. The van der Waals surface area contributed by atoms with Gasteiger partial charge in [0.1, 0.15) is 5.75 Å². The van der Waals surface area contributed by atoms with E-state index in [2.05, 4.69) is 53.0 Å². The molecule has 3 amide bonds. The maximum absolute atomic E-state index is 12.1. The van der Waals surface area contributed by atoms with Gasteiger partial charge in [0, 0.05) is 15.8 Å². The minimum Gasteiger partial charge on any atom is -0.483 e. The average Bonchev–Trinajstić information content (AvgIpc) is 2.77. The van der Waals surface area contributed by atoms with Gasteiger partial charge < -0.3 is 15.4 Å². The highest BCUT2D eigenvalue weighted by atomic mass is 79.9. The van der Waals surface area contributed by atoms with Gasteiger partial charge in [-0.2, -0.15) is 5.10 Å². The molecule has 0 aliphatic carbocycles. The number of anilines is 2. The molecule has 0 saturated heterocycles. The Morgan fingerprint density at radius 2 is 1.64 bits per heavy atom. The van der Waals surface area contributed by atoms with Gasteiger partial charge in [-0.3, -0.25) is 4.79 Å². The molecule has 0 bridgehead atoms. The summed E-state index contributed by atoms with van der Waals surface area (Å²) in [6.07, 6.45) is 1.51. The Kier molecular flexibility index (Phi) is 8.62. The van der Waals surface area contributed by atoms with Gasteiger partial charge in [-0.1, -0.05) is 33.6 Å². The van der Waals surface area contributed by atoms with Crippen LogP contribution in [0.1, 0.15) is 16.7 Å². The zero-order chi connectivity index (χ0) is 23.8. The zero-order valence-electron chi connectivity index (χ0n) is 18.0. The van der Waals surface area contributed by atoms with E-state index in [1.807, 2.05) is 50.2 Å². The van der Waals surface area contributed by atoms with Gasteiger partial charge in [-0.05, 0) is 89.4 Å². The Hall–Kier alpha value is -3.17. The summed E-state index contributed by atoms with van der Waals surface area (Å²) in [5.41, 5.74) is 6.67. The molecule has 0 spiro atoms. The van der Waals surface area contributed by atoms with Crippen LogP contribution in [0.5, 0.6) is 5.75 Å². The van der Waals surface area contributed by atoms with Gasteiger partial charge in [0.05, 0.1) is 10.7 Å². The van der Waals surface area contributed by atoms with Gasteiger partial charge in [-0.15, -0.1) is 0 Å². The van der Waals surface area contributed by atoms with Crippen molar-refractivity contribution in [2.45, 2.75) is 13.8 Å². The number of halogens is 2. The number of hydrazone groups is 1. The summed E-state index contributed by atoms with van der Waals surface area (Å²) in [5.74, 6) is 0.259. The van der Waals surface area contributed by atoms with E-state index in [1.54, 1.807) is 24.3 Å². The van der Waals surface area contributed by atoms with Gasteiger partial charge in [0.2, 0.25) is 0 Å². The molecule has 0 radical (unpaired) electrons. The topological polar surface area (TPSA) is 91.8 Å². The number of benzene rings is 3. The molecule has 0 unspecified atom stereocenters. The van der Waals surface area contributed by atoms with E-state index < -0.39 is 6.03 Å². The summed E-state index contributed by atoms with van der Waals surface area (Å²) in [7, 11) is 0. The van der Waals surface area contributed by atoms with Crippen LogP contribution in [0, 0.1) is 13.8 Å². The molecule has 170 valence electrons. The van der Waals surface area contributed by atoms with Crippen molar-refractivity contribution in [1.29, 1.82) is 0 Å². The number of rotatable bonds is 7. The lowest BCUT2D eigenvalue weighted by Crippen LogP contribution is -2.24. The van der Waals surface area contributed by atoms with Crippen LogP contribution in [0.15, 0.2) is 74.7 Å². The van der Waals surface area contributed by atoms with Crippen LogP contribution in [0.3, 0.4) is 0 Å². The molecule has 9 heteroatoms. The summed E-state index contributed by atoms with van der Waals surface area (Å²) >= 11 is 6.85.